The van der Waals surface area contributed by atoms with Crippen LogP contribution in [0, 0.1) is 17.3 Å². The van der Waals surface area contributed by atoms with Gasteiger partial charge in [-0.2, -0.15) is 0 Å². The first-order valence-corrected chi connectivity index (χ1v) is 9.58. The van der Waals surface area contributed by atoms with Crippen molar-refractivity contribution in [2.24, 2.45) is 17.3 Å². The molecule has 0 saturated heterocycles. The Morgan fingerprint density at radius 3 is 2.54 bits per heavy atom. The van der Waals surface area contributed by atoms with Crippen LogP contribution < -0.4 is 10.1 Å². The van der Waals surface area contributed by atoms with E-state index in [9.17, 15) is 9.59 Å². The zero-order valence-corrected chi connectivity index (χ0v) is 15.7. The molecule has 0 aromatic heterocycles. The molecule has 0 spiro atoms. The summed E-state index contributed by atoms with van der Waals surface area (Å²) in [5.41, 5.74) is 0.0712. The number of para-hydroxylation sites is 2. The van der Waals surface area contributed by atoms with Crippen molar-refractivity contribution in [3.8, 4) is 5.75 Å². The Kier molecular flexibility index (Phi) is 4.38. The third-order valence-electron chi connectivity index (χ3n) is 6.14. The number of anilines is 1. The lowest BCUT2D eigenvalue weighted by molar-refractivity contribution is -0.171. The van der Waals surface area contributed by atoms with Crippen LogP contribution in [0.5, 0.6) is 5.75 Å². The van der Waals surface area contributed by atoms with Gasteiger partial charge in [0.15, 0.2) is 6.61 Å². The van der Waals surface area contributed by atoms with Crippen molar-refractivity contribution in [2.45, 2.75) is 43.4 Å². The highest BCUT2D eigenvalue weighted by Crippen LogP contribution is 2.64. The number of benzene rings is 1. The fraction of sp³-hybridized carbons (Fsp3) is 0.600. The van der Waals surface area contributed by atoms with Crippen LogP contribution in [0.15, 0.2) is 24.3 Å². The van der Waals surface area contributed by atoms with Gasteiger partial charge >= 0.3 is 5.97 Å². The molecule has 1 aromatic rings. The third-order valence-corrected chi connectivity index (χ3v) is 6.58. The van der Waals surface area contributed by atoms with Gasteiger partial charge in [-0.1, -0.05) is 12.1 Å². The van der Waals surface area contributed by atoms with Gasteiger partial charge in [0.2, 0.25) is 0 Å². The van der Waals surface area contributed by atoms with Crippen molar-refractivity contribution >= 4 is 29.2 Å². The van der Waals surface area contributed by atoms with Crippen molar-refractivity contribution < 1.29 is 19.1 Å². The van der Waals surface area contributed by atoms with E-state index < -0.39 is 5.41 Å². The Morgan fingerprint density at radius 2 is 1.88 bits per heavy atom. The fourth-order valence-electron chi connectivity index (χ4n) is 5.61. The molecule has 4 saturated carbocycles. The summed E-state index contributed by atoms with van der Waals surface area (Å²) in [5.74, 6) is 0.977. The van der Waals surface area contributed by atoms with Gasteiger partial charge in [-0.05, 0) is 62.5 Å². The van der Waals surface area contributed by atoms with E-state index in [1.807, 2.05) is 6.07 Å². The van der Waals surface area contributed by atoms with Crippen molar-refractivity contribution in [1.29, 1.82) is 0 Å². The number of carbonyl (C=O) groups excluding carboxylic acids is 2. The predicted octanol–water partition coefficient (Wildman–Crippen LogP) is 3.75. The van der Waals surface area contributed by atoms with Gasteiger partial charge in [0.05, 0.1) is 18.2 Å². The Bertz CT molecular complexity index is 720. The van der Waals surface area contributed by atoms with Crippen LogP contribution in [0.2, 0.25) is 0 Å². The summed E-state index contributed by atoms with van der Waals surface area (Å²) in [6, 6.07) is 7.13. The maximum atomic E-state index is 12.8. The summed E-state index contributed by atoms with van der Waals surface area (Å²) in [5, 5.41) is 2.73. The molecular weight excluding hydrogens is 354 g/mol. The number of alkyl halides is 1. The lowest BCUT2D eigenvalue weighted by atomic mass is 9.49. The van der Waals surface area contributed by atoms with E-state index in [0.29, 0.717) is 29.7 Å². The van der Waals surface area contributed by atoms with E-state index in [1.165, 1.54) is 6.42 Å². The first kappa shape index (κ1) is 17.7. The Balaban J connectivity index is 1.37. The molecule has 1 N–H and O–H groups in total. The summed E-state index contributed by atoms with van der Waals surface area (Å²) in [4.78, 5) is 24.8. The summed E-state index contributed by atoms with van der Waals surface area (Å²) < 4.78 is 10.6. The maximum Gasteiger partial charge on any atom is 0.312 e. The van der Waals surface area contributed by atoms with E-state index in [4.69, 9.17) is 21.1 Å². The van der Waals surface area contributed by atoms with Crippen molar-refractivity contribution in [1.82, 2.24) is 0 Å². The van der Waals surface area contributed by atoms with Crippen molar-refractivity contribution in [3.63, 3.8) is 0 Å². The quantitative estimate of drug-likeness (QED) is 0.627. The van der Waals surface area contributed by atoms with Gasteiger partial charge < -0.3 is 14.8 Å². The highest BCUT2D eigenvalue weighted by molar-refractivity contribution is 6.24. The lowest BCUT2D eigenvalue weighted by Crippen LogP contribution is -2.56. The Morgan fingerprint density at radius 1 is 1.19 bits per heavy atom. The molecular formula is C20H24ClNO4. The summed E-state index contributed by atoms with van der Waals surface area (Å²) in [6.45, 7) is -0.288. The van der Waals surface area contributed by atoms with Crippen LogP contribution in [0.3, 0.4) is 0 Å². The molecule has 26 heavy (non-hydrogen) atoms. The molecule has 140 valence electrons. The van der Waals surface area contributed by atoms with Gasteiger partial charge in [0.1, 0.15) is 5.75 Å². The molecule has 5 nitrogen and oxygen atoms in total. The minimum absolute atomic E-state index is 0.247. The third kappa shape index (κ3) is 3.18. The van der Waals surface area contributed by atoms with Crippen molar-refractivity contribution in [2.75, 3.05) is 19.0 Å². The molecule has 6 heteroatoms. The highest BCUT2D eigenvalue weighted by atomic mass is 35.5. The Labute approximate surface area is 158 Å². The van der Waals surface area contributed by atoms with Gasteiger partial charge in [0.25, 0.3) is 5.91 Å². The lowest BCUT2D eigenvalue weighted by Gasteiger charge is -2.58. The summed E-state index contributed by atoms with van der Waals surface area (Å²) in [7, 11) is 1.54. The average Bonchev–Trinajstić information content (AvgIpc) is 2.58. The molecule has 4 aliphatic carbocycles. The standard InChI is InChI=1S/C20H24ClNO4/c1-25-16-5-3-2-4-15(16)22-17(23)11-26-18(24)19-7-13-6-14(8-19)10-20(21,9-13)12-19/h2-5,13-14H,6-12H2,1H3,(H,22,23)/t13-,14-,19?,20?/m1/s1. The normalized spacial score (nSPS) is 34.4. The number of halogens is 1. The molecule has 0 unspecified atom stereocenters. The van der Waals surface area contributed by atoms with E-state index >= 15 is 0 Å². The van der Waals surface area contributed by atoms with Gasteiger partial charge in [0, 0.05) is 4.87 Å². The molecule has 0 radical (unpaired) electrons. The zero-order chi connectivity index (χ0) is 18.4. The van der Waals surface area contributed by atoms with Crippen LogP contribution in [0.1, 0.15) is 38.5 Å². The SMILES string of the molecule is COc1ccccc1NC(=O)COC(=O)C12C[C@H]3C[C@@H](CC(Cl)(C3)C1)C2. The first-order valence-electron chi connectivity index (χ1n) is 9.20. The summed E-state index contributed by atoms with van der Waals surface area (Å²) in [6.07, 6.45) is 5.58. The van der Waals surface area contributed by atoms with Gasteiger partial charge in [-0.25, -0.2) is 0 Å². The van der Waals surface area contributed by atoms with Crippen LogP contribution in [-0.2, 0) is 14.3 Å². The smallest absolute Gasteiger partial charge is 0.312 e. The van der Waals surface area contributed by atoms with Crippen LogP contribution in [-0.4, -0.2) is 30.5 Å². The van der Waals surface area contributed by atoms with Crippen LogP contribution in [0.4, 0.5) is 5.69 Å². The number of nitrogens with one attached hydrogen (secondary N) is 1. The zero-order valence-electron chi connectivity index (χ0n) is 14.9. The molecule has 1 aromatic carbocycles. The molecule has 2 atom stereocenters. The second-order valence-electron chi connectivity index (χ2n) is 8.22. The number of hydrogen-bond acceptors (Lipinski definition) is 4. The monoisotopic (exact) mass is 377 g/mol. The minimum atomic E-state index is -0.490. The highest BCUT2D eigenvalue weighted by Gasteiger charge is 2.60. The number of esters is 1. The van der Waals surface area contributed by atoms with Crippen LogP contribution >= 0.6 is 11.6 Å². The van der Waals surface area contributed by atoms with E-state index in [-0.39, 0.29) is 23.4 Å². The van der Waals surface area contributed by atoms with E-state index in [2.05, 4.69) is 5.32 Å². The molecule has 4 aliphatic rings. The van der Waals surface area contributed by atoms with E-state index in [1.54, 1.807) is 25.3 Å². The number of ether oxygens (including phenoxy) is 2. The molecule has 5 rings (SSSR count). The van der Waals surface area contributed by atoms with Crippen LogP contribution in [0.25, 0.3) is 0 Å². The second-order valence-corrected chi connectivity index (χ2v) is 9.02. The van der Waals surface area contributed by atoms with E-state index in [0.717, 1.165) is 25.7 Å². The molecule has 1 amide bonds. The average molecular weight is 378 g/mol. The molecule has 0 aliphatic heterocycles. The number of rotatable bonds is 5. The van der Waals surface area contributed by atoms with Gasteiger partial charge in [-0.15, -0.1) is 11.6 Å². The Hall–Kier alpha value is -1.75. The summed E-state index contributed by atoms with van der Waals surface area (Å²) >= 11 is 6.77. The molecule has 4 bridgehead atoms. The molecule has 0 heterocycles. The maximum absolute atomic E-state index is 12.8. The first-order chi connectivity index (χ1) is 12.4. The predicted molar refractivity (Wildman–Crippen MR) is 98.3 cm³/mol. The number of hydrogen-bond donors (Lipinski definition) is 1. The second kappa shape index (κ2) is 6.45. The number of amides is 1. The molecule has 4 fully saturated rings. The number of carbonyl (C=O) groups is 2. The van der Waals surface area contributed by atoms with Crippen molar-refractivity contribution in [3.05, 3.63) is 24.3 Å². The fourth-order valence-corrected chi connectivity index (χ4v) is 6.30. The number of methoxy groups -OCH3 is 1. The topological polar surface area (TPSA) is 64.6 Å². The van der Waals surface area contributed by atoms with Gasteiger partial charge in [-0.3, -0.25) is 9.59 Å². The largest absolute Gasteiger partial charge is 0.495 e. The minimum Gasteiger partial charge on any atom is -0.495 e.